The highest BCUT2D eigenvalue weighted by Gasteiger charge is 2.19. The number of likely N-dealkylation sites (tertiary alicyclic amines) is 2. The van der Waals surface area contributed by atoms with E-state index in [1.165, 1.54) is 77.8 Å². The maximum Gasteiger partial charge on any atom is 0.191 e. The molecular formula is C20H42IN5. The summed E-state index contributed by atoms with van der Waals surface area (Å²) < 4.78 is 0. The minimum absolute atomic E-state index is 0. The lowest BCUT2D eigenvalue weighted by molar-refractivity contribution is 0.202. The maximum absolute atomic E-state index is 4.88. The third-order valence-electron chi connectivity index (χ3n) is 5.39. The van der Waals surface area contributed by atoms with Gasteiger partial charge in [0.2, 0.25) is 0 Å². The second-order valence-electron chi connectivity index (χ2n) is 7.95. The molecule has 5 nitrogen and oxygen atoms in total. The van der Waals surface area contributed by atoms with Crippen LogP contribution in [0.1, 0.15) is 59.3 Å². The molecule has 2 heterocycles. The number of piperidine rings is 2. The van der Waals surface area contributed by atoms with Crippen molar-refractivity contribution in [2.75, 3.05) is 52.4 Å². The van der Waals surface area contributed by atoms with Crippen LogP contribution in [0.15, 0.2) is 4.99 Å². The Hall–Kier alpha value is -0.0800. The predicted octanol–water partition coefficient (Wildman–Crippen LogP) is 3.16. The van der Waals surface area contributed by atoms with E-state index >= 15 is 0 Å². The van der Waals surface area contributed by atoms with Crippen molar-refractivity contribution in [2.24, 2.45) is 10.9 Å². The van der Waals surface area contributed by atoms with Crippen LogP contribution in [0.5, 0.6) is 0 Å². The predicted molar refractivity (Wildman–Crippen MR) is 124 cm³/mol. The van der Waals surface area contributed by atoms with Gasteiger partial charge in [-0.1, -0.05) is 20.3 Å². The van der Waals surface area contributed by atoms with Crippen LogP contribution in [0, 0.1) is 5.92 Å². The highest BCUT2D eigenvalue weighted by Crippen LogP contribution is 2.12. The van der Waals surface area contributed by atoms with E-state index in [0.29, 0.717) is 12.0 Å². The molecule has 6 heteroatoms. The Balaban J connectivity index is 0.00000338. The molecule has 2 saturated heterocycles. The van der Waals surface area contributed by atoms with Crippen LogP contribution in [-0.4, -0.2) is 74.2 Å². The van der Waals surface area contributed by atoms with Crippen molar-refractivity contribution in [2.45, 2.75) is 65.3 Å². The van der Waals surface area contributed by atoms with Gasteiger partial charge in [-0.25, -0.2) is 0 Å². The fourth-order valence-electron chi connectivity index (χ4n) is 4.02. The van der Waals surface area contributed by atoms with Gasteiger partial charge in [-0.05, 0) is 64.6 Å². The summed E-state index contributed by atoms with van der Waals surface area (Å²) in [7, 11) is 0. The normalized spacial score (nSPS) is 21.9. The largest absolute Gasteiger partial charge is 0.357 e. The minimum atomic E-state index is 0. The molecule has 154 valence electrons. The molecule has 0 radical (unpaired) electrons. The number of nitrogens with one attached hydrogen (secondary N) is 2. The fourth-order valence-corrected chi connectivity index (χ4v) is 4.02. The van der Waals surface area contributed by atoms with Gasteiger partial charge >= 0.3 is 0 Å². The maximum atomic E-state index is 4.88. The lowest BCUT2D eigenvalue weighted by Gasteiger charge is -2.33. The molecule has 26 heavy (non-hydrogen) atoms. The van der Waals surface area contributed by atoms with Gasteiger partial charge in [0.1, 0.15) is 0 Å². The van der Waals surface area contributed by atoms with Crippen LogP contribution in [0.3, 0.4) is 0 Å². The number of halogens is 1. The van der Waals surface area contributed by atoms with Crippen LogP contribution in [0.2, 0.25) is 0 Å². The first-order valence-corrected chi connectivity index (χ1v) is 10.7. The molecule has 2 rings (SSSR count). The van der Waals surface area contributed by atoms with Crippen LogP contribution in [-0.2, 0) is 0 Å². The molecule has 0 spiro atoms. The molecule has 1 atom stereocenters. The summed E-state index contributed by atoms with van der Waals surface area (Å²) in [6, 6.07) is 0.573. The minimum Gasteiger partial charge on any atom is -0.357 e. The Kier molecular flexibility index (Phi) is 12.9. The lowest BCUT2D eigenvalue weighted by Crippen LogP contribution is -2.49. The third kappa shape index (κ3) is 9.22. The molecule has 0 bridgehead atoms. The van der Waals surface area contributed by atoms with E-state index in [1.807, 2.05) is 0 Å². The smallest absolute Gasteiger partial charge is 0.191 e. The molecule has 0 aliphatic carbocycles. The average Bonchev–Trinajstić information content (AvgIpc) is 2.63. The number of hydrogen-bond donors (Lipinski definition) is 2. The zero-order chi connectivity index (χ0) is 17.9. The zero-order valence-electron chi connectivity index (χ0n) is 17.3. The summed E-state index contributed by atoms with van der Waals surface area (Å²) >= 11 is 0. The van der Waals surface area contributed by atoms with Crippen molar-refractivity contribution >= 4 is 29.9 Å². The van der Waals surface area contributed by atoms with Crippen LogP contribution in [0.4, 0.5) is 0 Å². The van der Waals surface area contributed by atoms with Crippen molar-refractivity contribution in [3.05, 3.63) is 0 Å². The van der Waals surface area contributed by atoms with Crippen molar-refractivity contribution in [3.63, 3.8) is 0 Å². The van der Waals surface area contributed by atoms with Crippen LogP contribution >= 0.6 is 24.0 Å². The molecule has 2 N–H and O–H groups in total. The molecule has 2 fully saturated rings. The van der Waals surface area contributed by atoms with E-state index in [1.54, 1.807) is 0 Å². The lowest BCUT2D eigenvalue weighted by atomic mass is 10.1. The quantitative estimate of drug-likeness (QED) is 0.319. The van der Waals surface area contributed by atoms with E-state index < -0.39 is 0 Å². The second-order valence-corrected chi connectivity index (χ2v) is 7.95. The average molecular weight is 479 g/mol. The summed E-state index contributed by atoms with van der Waals surface area (Å²) in [6.07, 6.45) is 7.88. The van der Waals surface area contributed by atoms with Gasteiger partial charge in [-0.2, -0.15) is 0 Å². The molecule has 0 aromatic carbocycles. The first-order chi connectivity index (χ1) is 12.2. The Morgan fingerprint density at radius 1 is 1.04 bits per heavy atom. The fraction of sp³-hybridized carbons (Fsp3) is 0.950. The number of hydrogen-bond acceptors (Lipinski definition) is 3. The SMILES string of the molecule is CCCN1CCC(NC(=NCC(C)CN2CCCCC2)NCC)CC1.I. The monoisotopic (exact) mass is 479 g/mol. The van der Waals surface area contributed by atoms with Crippen molar-refractivity contribution in [1.82, 2.24) is 20.4 Å². The topological polar surface area (TPSA) is 42.9 Å². The molecule has 2 aliphatic heterocycles. The molecular weight excluding hydrogens is 437 g/mol. The standard InChI is InChI=1S/C20H41N5.HI/c1-4-11-24-14-9-19(10-15-24)23-20(21-5-2)22-16-18(3)17-25-12-7-6-8-13-25;/h18-19H,4-17H2,1-3H3,(H2,21,22,23);1H. The van der Waals surface area contributed by atoms with Gasteiger partial charge in [0.05, 0.1) is 0 Å². The Morgan fingerprint density at radius 2 is 1.73 bits per heavy atom. The summed E-state index contributed by atoms with van der Waals surface area (Å²) in [5.74, 6) is 1.64. The summed E-state index contributed by atoms with van der Waals surface area (Å²) in [5.41, 5.74) is 0. The van der Waals surface area contributed by atoms with E-state index in [4.69, 9.17) is 4.99 Å². The number of rotatable bonds is 8. The second kappa shape index (κ2) is 14.0. The van der Waals surface area contributed by atoms with E-state index in [9.17, 15) is 0 Å². The third-order valence-corrected chi connectivity index (χ3v) is 5.39. The molecule has 0 saturated carbocycles. The number of aliphatic imine (C=N–C) groups is 1. The first-order valence-electron chi connectivity index (χ1n) is 10.7. The molecule has 2 aliphatic rings. The summed E-state index contributed by atoms with van der Waals surface area (Å²) in [5, 5.41) is 7.11. The number of guanidine groups is 1. The highest BCUT2D eigenvalue weighted by atomic mass is 127. The van der Waals surface area contributed by atoms with E-state index in [2.05, 4.69) is 41.2 Å². The van der Waals surface area contributed by atoms with Gasteiger partial charge in [0.15, 0.2) is 5.96 Å². The van der Waals surface area contributed by atoms with E-state index in [-0.39, 0.29) is 24.0 Å². The van der Waals surface area contributed by atoms with Crippen LogP contribution < -0.4 is 10.6 Å². The van der Waals surface area contributed by atoms with Gasteiger partial charge in [0.25, 0.3) is 0 Å². The first kappa shape index (κ1) is 24.0. The molecule has 0 amide bonds. The Morgan fingerprint density at radius 3 is 2.35 bits per heavy atom. The van der Waals surface area contributed by atoms with E-state index in [0.717, 1.165) is 19.0 Å². The molecule has 0 aromatic heterocycles. The zero-order valence-corrected chi connectivity index (χ0v) is 19.6. The van der Waals surface area contributed by atoms with Gasteiger partial charge in [-0.15, -0.1) is 24.0 Å². The van der Waals surface area contributed by atoms with Crippen LogP contribution in [0.25, 0.3) is 0 Å². The van der Waals surface area contributed by atoms with Gasteiger partial charge < -0.3 is 20.4 Å². The summed E-state index contributed by atoms with van der Waals surface area (Å²) in [6.45, 7) is 16.0. The Bertz CT molecular complexity index is 376. The summed E-state index contributed by atoms with van der Waals surface area (Å²) in [4.78, 5) is 10.1. The molecule has 0 aromatic rings. The Labute approximate surface area is 178 Å². The molecule has 1 unspecified atom stereocenters. The van der Waals surface area contributed by atoms with Crippen molar-refractivity contribution in [3.8, 4) is 0 Å². The van der Waals surface area contributed by atoms with Gasteiger partial charge in [-0.3, -0.25) is 4.99 Å². The van der Waals surface area contributed by atoms with Gasteiger partial charge in [0, 0.05) is 38.8 Å². The van der Waals surface area contributed by atoms with Crippen molar-refractivity contribution in [1.29, 1.82) is 0 Å². The number of nitrogens with zero attached hydrogens (tertiary/aromatic N) is 3. The van der Waals surface area contributed by atoms with Crippen molar-refractivity contribution < 1.29 is 0 Å². The highest BCUT2D eigenvalue weighted by molar-refractivity contribution is 14.0.